The summed E-state index contributed by atoms with van der Waals surface area (Å²) in [5.41, 5.74) is 4.65. The van der Waals surface area contributed by atoms with Crippen LogP contribution in [0.5, 0.6) is 5.75 Å². The minimum atomic E-state index is 0.790. The van der Waals surface area contributed by atoms with Crippen molar-refractivity contribution in [2.24, 2.45) is 5.92 Å². The monoisotopic (exact) mass is 322 g/mol. The number of rotatable bonds is 7. The summed E-state index contributed by atoms with van der Waals surface area (Å²) >= 11 is 0. The van der Waals surface area contributed by atoms with Gasteiger partial charge in [-0.3, -0.25) is 0 Å². The molecule has 2 atom stereocenters. The highest BCUT2D eigenvalue weighted by atomic mass is 16.5. The van der Waals surface area contributed by atoms with Crippen LogP contribution in [0.4, 0.5) is 0 Å². The Bertz CT molecular complexity index is 629. The second-order valence-corrected chi connectivity index (χ2v) is 7.36. The summed E-state index contributed by atoms with van der Waals surface area (Å²) in [6, 6.07) is 17.6. The van der Waals surface area contributed by atoms with E-state index in [1.165, 1.54) is 50.5 Å². The van der Waals surface area contributed by atoms with Crippen molar-refractivity contribution in [1.82, 2.24) is 0 Å². The molecule has 2 unspecified atom stereocenters. The lowest BCUT2D eigenvalue weighted by Crippen LogP contribution is -2.11. The molecular weight excluding hydrogens is 292 g/mol. The van der Waals surface area contributed by atoms with Crippen molar-refractivity contribution in [2.75, 3.05) is 7.11 Å². The Hall–Kier alpha value is -1.76. The molecule has 0 fully saturated rings. The highest BCUT2D eigenvalue weighted by Gasteiger charge is 2.20. The van der Waals surface area contributed by atoms with E-state index in [4.69, 9.17) is 4.74 Å². The van der Waals surface area contributed by atoms with Crippen molar-refractivity contribution in [3.05, 3.63) is 65.2 Å². The molecule has 1 heteroatoms. The van der Waals surface area contributed by atoms with E-state index in [2.05, 4.69) is 55.5 Å². The summed E-state index contributed by atoms with van der Waals surface area (Å²) in [5, 5.41) is 0. The lowest BCUT2D eigenvalue weighted by molar-refractivity contribution is 0.413. The first-order chi connectivity index (χ1) is 11.8. The number of ether oxygens (including phenoxy) is 1. The van der Waals surface area contributed by atoms with Gasteiger partial charge in [-0.25, -0.2) is 0 Å². The fourth-order valence-corrected chi connectivity index (χ4v) is 3.99. The molecule has 0 radical (unpaired) electrons. The molecule has 2 aromatic rings. The van der Waals surface area contributed by atoms with Crippen LogP contribution in [0.1, 0.15) is 61.6 Å². The van der Waals surface area contributed by atoms with E-state index in [1.807, 2.05) is 0 Å². The van der Waals surface area contributed by atoms with Crippen LogP contribution in [0.15, 0.2) is 48.5 Å². The van der Waals surface area contributed by atoms with Crippen LogP contribution in [-0.4, -0.2) is 7.11 Å². The van der Waals surface area contributed by atoms with E-state index in [0.29, 0.717) is 0 Å². The van der Waals surface area contributed by atoms with Gasteiger partial charge < -0.3 is 4.74 Å². The van der Waals surface area contributed by atoms with E-state index in [9.17, 15) is 0 Å². The van der Waals surface area contributed by atoms with E-state index < -0.39 is 0 Å². The number of hydrogen-bond donors (Lipinski definition) is 0. The molecule has 1 nitrogen and oxygen atoms in total. The van der Waals surface area contributed by atoms with Crippen LogP contribution < -0.4 is 4.74 Å². The van der Waals surface area contributed by atoms with Gasteiger partial charge in [-0.1, -0.05) is 49.7 Å². The number of aryl methyl sites for hydroxylation is 2. The largest absolute Gasteiger partial charge is 0.497 e. The summed E-state index contributed by atoms with van der Waals surface area (Å²) in [4.78, 5) is 0. The Labute approximate surface area is 147 Å². The minimum Gasteiger partial charge on any atom is -0.497 e. The molecule has 128 valence electrons. The Kier molecular flexibility index (Phi) is 5.96. The molecule has 0 saturated heterocycles. The fraction of sp³-hybridized carbons (Fsp3) is 0.478. The molecule has 1 aliphatic carbocycles. The Balaban J connectivity index is 1.46. The predicted molar refractivity (Wildman–Crippen MR) is 102 cm³/mol. The molecule has 0 heterocycles. The topological polar surface area (TPSA) is 9.23 Å². The third-order valence-electron chi connectivity index (χ3n) is 5.59. The molecule has 0 aliphatic heterocycles. The molecule has 3 rings (SSSR count). The first-order valence-electron chi connectivity index (χ1n) is 9.47. The molecule has 0 saturated carbocycles. The van der Waals surface area contributed by atoms with Gasteiger partial charge in [0.05, 0.1) is 7.11 Å². The Morgan fingerprint density at radius 3 is 2.62 bits per heavy atom. The van der Waals surface area contributed by atoms with Crippen LogP contribution in [0.3, 0.4) is 0 Å². The van der Waals surface area contributed by atoms with Gasteiger partial charge in [0.1, 0.15) is 5.75 Å². The number of methoxy groups -OCH3 is 1. The van der Waals surface area contributed by atoms with Gasteiger partial charge in [-0.15, -0.1) is 0 Å². The molecule has 0 aromatic heterocycles. The van der Waals surface area contributed by atoms with Crippen LogP contribution >= 0.6 is 0 Å². The van der Waals surface area contributed by atoms with Gasteiger partial charge in [0.25, 0.3) is 0 Å². The SMILES string of the molecule is COc1ccc(CCC(C)CCC2CCCc3ccccc32)cc1. The summed E-state index contributed by atoms with van der Waals surface area (Å²) in [6.07, 6.45) is 9.16. The molecule has 24 heavy (non-hydrogen) atoms. The Morgan fingerprint density at radius 1 is 1.04 bits per heavy atom. The molecule has 0 amide bonds. The van der Waals surface area contributed by atoms with Crippen LogP contribution in [0.25, 0.3) is 0 Å². The van der Waals surface area contributed by atoms with Crippen molar-refractivity contribution in [3.8, 4) is 5.75 Å². The minimum absolute atomic E-state index is 0.790. The van der Waals surface area contributed by atoms with Crippen LogP contribution in [0, 0.1) is 5.92 Å². The quantitative estimate of drug-likeness (QED) is 0.593. The maximum absolute atomic E-state index is 5.23. The van der Waals surface area contributed by atoms with Gasteiger partial charge in [0.2, 0.25) is 0 Å². The van der Waals surface area contributed by atoms with Crippen molar-refractivity contribution in [3.63, 3.8) is 0 Å². The number of hydrogen-bond acceptors (Lipinski definition) is 1. The van der Waals surface area contributed by atoms with Crippen molar-refractivity contribution in [2.45, 2.75) is 57.8 Å². The lowest BCUT2D eigenvalue weighted by Gasteiger charge is -2.26. The first kappa shape index (κ1) is 17.1. The lowest BCUT2D eigenvalue weighted by atomic mass is 9.79. The van der Waals surface area contributed by atoms with Crippen molar-refractivity contribution >= 4 is 0 Å². The zero-order valence-electron chi connectivity index (χ0n) is 15.1. The van der Waals surface area contributed by atoms with E-state index in [-0.39, 0.29) is 0 Å². The van der Waals surface area contributed by atoms with Crippen molar-refractivity contribution in [1.29, 1.82) is 0 Å². The molecule has 2 aromatic carbocycles. The third-order valence-corrected chi connectivity index (χ3v) is 5.59. The predicted octanol–water partition coefficient (Wildman–Crippen LogP) is 6.16. The van der Waals surface area contributed by atoms with Gasteiger partial charge in [-0.05, 0) is 79.2 Å². The molecule has 0 N–H and O–H groups in total. The highest BCUT2D eigenvalue weighted by Crippen LogP contribution is 2.35. The second kappa shape index (κ2) is 8.37. The maximum Gasteiger partial charge on any atom is 0.118 e. The molecule has 0 bridgehead atoms. The summed E-state index contributed by atoms with van der Waals surface area (Å²) in [7, 11) is 1.72. The summed E-state index contributed by atoms with van der Waals surface area (Å²) in [5.74, 6) is 2.53. The van der Waals surface area contributed by atoms with Gasteiger partial charge in [-0.2, -0.15) is 0 Å². The zero-order chi connectivity index (χ0) is 16.8. The fourth-order valence-electron chi connectivity index (χ4n) is 3.99. The van der Waals surface area contributed by atoms with E-state index in [0.717, 1.165) is 17.6 Å². The van der Waals surface area contributed by atoms with Gasteiger partial charge >= 0.3 is 0 Å². The van der Waals surface area contributed by atoms with Crippen LogP contribution in [-0.2, 0) is 12.8 Å². The van der Waals surface area contributed by atoms with Gasteiger partial charge in [0.15, 0.2) is 0 Å². The summed E-state index contributed by atoms with van der Waals surface area (Å²) < 4.78 is 5.23. The third kappa shape index (κ3) is 4.41. The number of benzene rings is 2. The van der Waals surface area contributed by atoms with Gasteiger partial charge in [0, 0.05) is 0 Å². The standard InChI is InChI=1S/C23H30O/c1-18(10-12-19-13-16-22(24-2)17-14-19)11-15-21-8-5-7-20-6-3-4-9-23(20)21/h3-4,6,9,13-14,16-18,21H,5,7-8,10-12,15H2,1-2H3. The average Bonchev–Trinajstić information content (AvgIpc) is 2.65. The molecule has 0 spiro atoms. The highest BCUT2D eigenvalue weighted by molar-refractivity contribution is 5.32. The first-order valence-corrected chi connectivity index (χ1v) is 9.47. The summed E-state index contributed by atoms with van der Waals surface area (Å²) in [6.45, 7) is 2.41. The Morgan fingerprint density at radius 2 is 1.83 bits per heavy atom. The normalized spacial score (nSPS) is 18.0. The maximum atomic E-state index is 5.23. The molecule has 1 aliphatic rings. The van der Waals surface area contributed by atoms with Crippen LogP contribution in [0.2, 0.25) is 0 Å². The van der Waals surface area contributed by atoms with E-state index >= 15 is 0 Å². The second-order valence-electron chi connectivity index (χ2n) is 7.36. The van der Waals surface area contributed by atoms with E-state index in [1.54, 1.807) is 18.2 Å². The number of fused-ring (bicyclic) bond motifs is 1. The van der Waals surface area contributed by atoms with Crippen molar-refractivity contribution < 1.29 is 4.74 Å². The smallest absolute Gasteiger partial charge is 0.118 e. The zero-order valence-corrected chi connectivity index (χ0v) is 15.1. The molecular formula is C23H30O. The average molecular weight is 322 g/mol.